The van der Waals surface area contributed by atoms with E-state index in [0.717, 1.165) is 5.39 Å². The van der Waals surface area contributed by atoms with E-state index in [2.05, 4.69) is 0 Å². The highest BCUT2D eigenvalue weighted by atomic mass is 19.2. The number of hydrogen-bond acceptors (Lipinski definition) is 3. The van der Waals surface area contributed by atoms with Crippen molar-refractivity contribution in [3.05, 3.63) is 199 Å². The maximum atomic E-state index is 15.4. The van der Waals surface area contributed by atoms with Gasteiger partial charge in [0.25, 0.3) is 5.69 Å². The molecule has 0 N–H and O–H groups in total. The van der Waals surface area contributed by atoms with Crippen molar-refractivity contribution >= 4 is 50.2 Å². The first kappa shape index (κ1) is 48.9. The third-order valence-corrected chi connectivity index (χ3v) is 10.2. The van der Waals surface area contributed by atoms with E-state index < -0.39 is 149 Å². The molecule has 5 nitrogen and oxygen atoms in total. The number of benzene rings is 6. The number of fused-ring (bicyclic) bond motifs is 1. The lowest BCUT2D eigenvalue weighted by molar-refractivity contribution is -0.681. The Morgan fingerprint density at radius 2 is 0.746 bits per heavy atom. The molecule has 0 fully saturated rings. The summed E-state index contributed by atoms with van der Waals surface area (Å²) in [6, 6.07) is 15.6. The van der Waals surface area contributed by atoms with E-state index in [1.54, 1.807) is 47.3 Å². The first-order valence-electron chi connectivity index (χ1n) is 17.7. The Balaban J connectivity index is 0.000000279. The monoisotopic (exact) mass is 972 g/mol. The third kappa shape index (κ3) is 7.71. The van der Waals surface area contributed by atoms with E-state index in [9.17, 15) is 67.6 Å². The van der Waals surface area contributed by atoms with Gasteiger partial charge >= 0.3 is 0 Å². The van der Waals surface area contributed by atoms with E-state index in [4.69, 9.17) is 0 Å². The number of pyridine rings is 1. The fourth-order valence-corrected chi connectivity index (χ4v) is 7.27. The Kier molecular flexibility index (Phi) is 13.2. The maximum Gasteiger partial charge on any atom is 0.277 e. The average Bonchev–Trinajstić information content (AvgIpc) is 3.31. The molecule has 0 unspecified atom stereocenters. The molecule has 0 saturated carbocycles. The zero-order valence-electron chi connectivity index (χ0n) is 31.8. The second-order valence-corrected chi connectivity index (χ2v) is 13.7. The van der Waals surface area contributed by atoms with Crippen molar-refractivity contribution in [3.8, 4) is 0 Å². The van der Waals surface area contributed by atoms with Crippen molar-refractivity contribution in [2.75, 3.05) is 0 Å². The van der Waals surface area contributed by atoms with Gasteiger partial charge in [-0.25, -0.2) is 87.8 Å². The molecule has 26 heteroatoms. The van der Waals surface area contributed by atoms with E-state index in [0.29, 0.717) is 10.9 Å². The van der Waals surface area contributed by atoms with Crippen LogP contribution in [0.4, 0.5) is 93.5 Å². The van der Waals surface area contributed by atoms with Crippen LogP contribution in [0.1, 0.15) is 10.4 Å². The Morgan fingerprint density at radius 1 is 0.433 bits per heavy atom. The number of halogens is 20. The Labute approximate surface area is 357 Å². The Morgan fingerprint density at radius 3 is 1.06 bits per heavy atom. The second-order valence-electron chi connectivity index (χ2n) is 13.7. The summed E-state index contributed by atoms with van der Waals surface area (Å²) in [5, 5.41) is 12.3. The quantitative estimate of drug-likeness (QED) is 0.0224. The van der Waals surface area contributed by atoms with Gasteiger partial charge in [-0.1, -0.05) is 36.4 Å². The highest BCUT2D eigenvalue weighted by Gasteiger charge is 2.52. The van der Waals surface area contributed by atoms with Gasteiger partial charge in [-0.3, -0.25) is 14.9 Å². The van der Waals surface area contributed by atoms with E-state index >= 15 is 35.1 Å². The smallest absolute Gasteiger partial charge is 0.277 e. The molecule has 7 aromatic rings. The van der Waals surface area contributed by atoms with Crippen LogP contribution in [0.3, 0.4) is 0 Å². The van der Waals surface area contributed by atoms with Crippen LogP contribution in [0.25, 0.3) is 10.8 Å². The zero-order valence-corrected chi connectivity index (χ0v) is 31.8. The summed E-state index contributed by atoms with van der Waals surface area (Å²) in [6.45, 7) is 0.197. The van der Waals surface area contributed by atoms with E-state index in [1.807, 2.05) is 18.2 Å². The molecular formula is C41H13BF20N2O3. The predicted molar refractivity (Wildman–Crippen MR) is 191 cm³/mol. The molecule has 0 bridgehead atoms. The molecule has 67 heavy (non-hydrogen) atoms. The van der Waals surface area contributed by atoms with Crippen molar-refractivity contribution in [2.45, 2.75) is 6.54 Å². The molecule has 1 heterocycles. The SMILES string of the molecule is Fc1c(F)c(F)c([B-](c2c(F)c(F)c(F)c(F)c2F)(c2c(F)c(F)c(F)c(F)c2F)c2c(F)c(F)c(F)c(F)c2F)c(F)c1F.O=C(C[n+]1ccc2c([N+](=O)[O-])cccc2c1)c1ccccc1. The summed E-state index contributed by atoms with van der Waals surface area (Å²) in [7, 11) is 0. The van der Waals surface area contributed by atoms with Crippen molar-refractivity contribution in [2.24, 2.45) is 0 Å². The maximum absolute atomic E-state index is 15.4. The summed E-state index contributed by atoms with van der Waals surface area (Å²) < 4.78 is 296. The van der Waals surface area contributed by atoms with Crippen LogP contribution in [0.15, 0.2) is 67.0 Å². The third-order valence-electron chi connectivity index (χ3n) is 10.2. The van der Waals surface area contributed by atoms with Gasteiger partial charge in [0.15, 0.2) is 82.2 Å². The number of nitrogens with zero attached hydrogens (tertiary/aromatic N) is 2. The van der Waals surface area contributed by atoms with Crippen LogP contribution in [0.5, 0.6) is 0 Å². The molecule has 0 aliphatic heterocycles. The summed E-state index contributed by atoms with van der Waals surface area (Å²) >= 11 is 0. The fraction of sp³-hybridized carbons (Fsp3) is 0.0244. The highest BCUT2D eigenvalue weighted by molar-refractivity contribution is 7.20. The topological polar surface area (TPSA) is 64.1 Å². The minimum absolute atomic E-state index is 0.00428. The molecular weight excluding hydrogens is 959 g/mol. The summed E-state index contributed by atoms with van der Waals surface area (Å²) in [6.07, 6.45) is -3.77. The number of nitro groups is 1. The molecule has 6 aromatic carbocycles. The minimum Gasteiger partial charge on any atom is -0.287 e. The van der Waals surface area contributed by atoms with Crippen molar-refractivity contribution in [3.63, 3.8) is 0 Å². The van der Waals surface area contributed by atoms with Crippen LogP contribution in [0, 0.1) is 126 Å². The van der Waals surface area contributed by atoms with Crippen LogP contribution >= 0.6 is 0 Å². The number of rotatable bonds is 8. The molecule has 0 spiro atoms. The number of non-ortho nitro benzene ring substituents is 1. The van der Waals surface area contributed by atoms with Gasteiger partial charge in [-0.05, 0) is 6.07 Å². The first-order chi connectivity index (χ1) is 31.3. The number of Topliss-reactive ketones (excluding diaryl/α,β-unsaturated/α-hetero) is 1. The molecule has 0 saturated heterocycles. The minimum atomic E-state index is -7.22. The van der Waals surface area contributed by atoms with Crippen LogP contribution in [-0.2, 0) is 6.54 Å². The molecule has 0 radical (unpaired) electrons. The average molecular weight is 972 g/mol. The van der Waals surface area contributed by atoms with Gasteiger partial charge in [0.2, 0.25) is 12.3 Å². The Bertz CT molecular complexity index is 2850. The van der Waals surface area contributed by atoms with Crippen molar-refractivity contribution < 1.29 is 102 Å². The van der Waals surface area contributed by atoms with Gasteiger partial charge < -0.3 is 0 Å². The van der Waals surface area contributed by atoms with Gasteiger partial charge in [0, 0.05) is 17.7 Å². The number of aromatic nitrogens is 1. The van der Waals surface area contributed by atoms with Gasteiger partial charge in [0.1, 0.15) is 52.7 Å². The summed E-state index contributed by atoms with van der Waals surface area (Å²) in [4.78, 5) is 22.8. The lowest BCUT2D eigenvalue weighted by atomic mass is 9.12. The molecule has 1 aromatic heterocycles. The highest BCUT2D eigenvalue weighted by Crippen LogP contribution is 2.31. The van der Waals surface area contributed by atoms with Gasteiger partial charge in [-0.2, -0.15) is 4.57 Å². The summed E-state index contributed by atoms with van der Waals surface area (Å²) in [5.41, 5.74) is -13.6. The zero-order chi connectivity index (χ0) is 49.9. The number of carbonyl (C=O) groups is 1. The lowest BCUT2D eigenvalue weighted by Gasteiger charge is -2.44. The molecule has 0 amide bonds. The normalized spacial score (nSPS) is 11.5. The lowest BCUT2D eigenvalue weighted by Crippen LogP contribution is -2.81. The number of hydrogen-bond donors (Lipinski definition) is 0. The Hall–Kier alpha value is -7.54. The fourth-order valence-electron chi connectivity index (χ4n) is 7.27. The van der Waals surface area contributed by atoms with Crippen molar-refractivity contribution in [1.82, 2.24) is 0 Å². The molecule has 348 valence electrons. The summed E-state index contributed by atoms with van der Waals surface area (Å²) in [5.74, 6) is -71.4. The largest absolute Gasteiger partial charge is 0.287 e. The number of carbonyl (C=O) groups excluding carboxylic acids is 1. The van der Waals surface area contributed by atoms with E-state index in [-0.39, 0.29) is 18.0 Å². The molecule has 0 aliphatic rings. The number of ketones is 1. The molecule has 0 atom stereocenters. The standard InChI is InChI=1S/C24BF20.C17H13N2O3/c26-5-1(6(27)14(35)21(42)13(5)34)25(2-7(28)15(36)22(43)16(37)8(2)29,3-9(30)17(38)23(44)18(39)10(3)31)4-11(32)19(40)24(45)20(41)12(4)33;20-17(13-5-2-1-3-6-13)12-18-10-9-15-14(11-18)7-4-8-16(15)19(21)22/h;1-11H,12H2/q-1;+1. The van der Waals surface area contributed by atoms with Crippen LogP contribution < -0.4 is 26.4 Å². The molecule has 7 rings (SSSR count). The van der Waals surface area contributed by atoms with Gasteiger partial charge in [-0.15, -0.1) is 21.9 Å². The van der Waals surface area contributed by atoms with Crippen LogP contribution in [0.2, 0.25) is 0 Å². The van der Waals surface area contributed by atoms with Crippen molar-refractivity contribution in [1.29, 1.82) is 0 Å². The predicted octanol–water partition coefficient (Wildman–Crippen LogP) is 8.76. The van der Waals surface area contributed by atoms with Gasteiger partial charge in [0.05, 0.1) is 15.7 Å². The molecule has 0 aliphatic carbocycles. The van der Waals surface area contributed by atoms with E-state index in [1.165, 1.54) is 6.07 Å². The second kappa shape index (κ2) is 18.0. The first-order valence-corrected chi connectivity index (χ1v) is 17.7. The number of nitro benzene ring substituents is 1. The van der Waals surface area contributed by atoms with Crippen LogP contribution in [-0.4, -0.2) is 16.9 Å².